The molecule has 0 N–H and O–H groups in total. The van der Waals surface area contributed by atoms with Crippen LogP contribution in [0.3, 0.4) is 0 Å². The van der Waals surface area contributed by atoms with Gasteiger partial charge in [-0.05, 0) is 32.3 Å². The van der Waals surface area contributed by atoms with E-state index < -0.39 is 0 Å². The molecule has 0 amide bonds. The second kappa shape index (κ2) is 6.57. The molecule has 2 atom stereocenters. The Kier molecular flexibility index (Phi) is 4.28. The fraction of sp³-hybridized carbons (Fsp3) is 0.647. The van der Waals surface area contributed by atoms with Gasteiger partial charge < -0.3 is 14.4 Å². The fourth-order valence-electron chi connectivity index (χ4n) is 3.49. The van der Waals surface area contributed by atoms with Gasteiger partial charge in [-0.1, -0.05) is 0 Å². The first-order valence-corrected chi connectivity index (χ1v) is 8.78. The standard InChI is InChI=1S/C17H25N5O2/c1-13-12-23-10-8-21(13)16-11-15(18-20(16)2)14-6-7-22(19-14)17-5-3-4-9-24-17/h6-7,11,13,17H,3-5,8-10,12H2,1-2H3/t13-,17?/m1/s1. The molecule has 2 fully saturated rings. The van der Waals surface area contributed by atoms with E-state index in [9.17, 15) is 0 Å². The molecule has 2 aliphatic rings. The maximum atomic E-state index is 5.80. The molecule has 2 aromatic heterocycles. The average Bonchev–Trinajstić information content (AvgIpc) is 3.23. The van der Waals surface area contributed by atoms with Crippen LogP contribution in [0.25, 0.3) is 11.4 Å². The zero-order valence-electron chi connectivity index (χ0n) is 14.4. The van der Waals surface area contributed by atoms with Crippen LogP contribution in [0.1, 0.15) is 32.4 Å². The normalized spacial score (nSPS) is 25.2. The monoisotopic (exact) mass is 331 g/mol. The van der Waals surface area contributed by atoms with Crippen molar-refractivity contribution in [1.82, 2.24) is 19.6 Å². The molecule has 2 saturated heterocycles. The zero-order valence-corrected chi connectivity index (χ0v) is 14.4. The highest BCUT2D eigenvalue weighted by Crippen LogP contribution is 2.27. The number of anilines is 1. The number of morpholine rings is 1. The van der Waals surface area contributed by atoms with Gasteiger partial charge in [0, 0.05) is 32.5 Å². The number of ether oxygens (including phenoxy) is 2. The zero-order chi connectivity index (χ0) is 16.5. The van der Waals surface area contributed by atoms with Gasteiger partial charge in [0.25, 0.3) is 0 Å². The molecule has 4 rings (SSSR count). The van der Waals surface area contributed by atoms with Gasteiger partial charge in [-0.2, -0.15) is 10.2 Å². The van der Waals surface area contributed by atoms with Crippen LogP contribution in [0.2, 0.25) is 0 Å². The van der Waals surface area contributed by atoms with E-state index in [2.05, 4.69) is 23.0 Å². The summed E-state index contributed by atoms with van der Waals surface area (Å²) < 4.78 is 15.2. The van der Waals surface area contributed by atoms with Gasteiger partial charge >= 0.3 is 0 Å². The van der Waals surface area contributed by atoms with Crippen LogP contribution in [0.4, 0.5) is 5.82 Å². The molecule has 0 saturated carbocycles. The van der Waals surface area contributed by atoms with Gasteiger partial charge in [0.1, 0.15) is 23.4 Å². The van der Waals surface area contributed by atoms with E-state index in [1.807, 2.05) is 28.7 Å². The second-order valence-electron chi connectivity index (χ2n) is 6.63. The molecule has 0 aliphatic carbocycles. The summed E-state index contributed by atoms with van der Waals surface area (Å²) in [4.78, 5) is 2.35. The number of hydrogen-bond acceptors (Lipinski definition) is 5. The van der Waals surface area contributed by atoms with Crippen LogP contribution < -0.4 is 4.90 Å². The van der Waals surface area contributed by atoms with E-state index in [1.54, 1.807) is 0 Å². The summed E-state index contributed by atoms with van der Waals surface area (Å²) in [5.41, 5.74) is 1.80. The quantitative estimate of drug-likeness (QED) is 0.863. The van der Waals surface area contributed by atoms with Crippen molar-refractivity contribution in [3.63, 3.8) is 0 Å². The molecule has 130 valence electrons. The van der Waals surface area contributed by atoms with E-state index >= 15 is 0 Å². The predicted molar refractivity (Wildman–Crippen MR) is 90.9 cm³/mol. The van der Waals surface area contributed by atoms with Crippen molar-refractivity contribution in [1.29, 1.82) is 0 Å². The first-order valence-electron chi connectivity index (χ1n) is 8.78. The van der Waals surface area contributed by atoms with Crippen LogP contribution >= 0.6 is 0 Å². The van der Waals surface area contributed by atoms with Crippen LogP contribution in [-0.4, -0.2) is 52.0 Å². The third-order valence-electron chi connectivity index (χ3n) is 4.84. The Morgan fingerprint density at radius 1 is 1.17 bits per heavy atom. The van der Waals surface area contributed by atoms with Crippen molar-refractivity contribution in [3.05, 3.63) is 18.3 Å². The first-order chi connectivity index (χ1) is 11.7. The summed E-state index contributed by atoms with van der Waals surface area (Å²) >= 11 is 0. The van der Waals surface area contributed by atoms with Crippen LogP contribution in [0, 0.1) is 0 Å². The molecule has 2 aromatic rings. The maximum absolute atomic E-state index is 5.80. The molecule has 4 heterocycles. The van der Waals surface area contributed by atoms with Crippen LogP contribution in [0.15, 0.2) is 18.3 Å². The van der Waals surface area contributed by atoms with Crippen molar-refractivity contribution in [3.8, 4) is 11.4 Å². The lowest BCUT2D eigenvalue weighted by molar-refractivity contribution is -0.0393. The average molecular weight is 331 g/mol. The van der Waals surface area contributed by atoms with Crippen LogP contribution in [0.5, 0.6) is 0 Å². The molecule has 1 unspecified atom stereocenters. The minimum atomic E-state index is 0.0648. The molecular formula is C17H25N5O2. The number of aromatic nitrogens is 4. The Balaban J connectivity index is 1.56. The van der Waals surface area contributed by atoms with E-state index in [0.717, 1.165) is 56.4 Å². The van der Waals surface area contributed by atoms with E-state index in [4.69, 9.17) is 14.6 Å². The lowest BCUT2D eigenvalue weighted by Crippen LogP contribution is -2.44. The highest BCUT2D eigenvalue weighted by Gasteiger charge is 2.23. The van der Waals surface area contributed by atoms with Gasteiger partial charge in [-0.25, -0.2) is 4.68 Å². The van der Waals surface area contributed by atoms with E-state index in [-0.39, 0.29) is 6.23 Å². The van der Waals surface area contributed by atoms with Gasteiger partial charge in [-0.3, -0.25) is 4.68 Å². The Morgan fingerprint density at radius 2 is 2.08 bits per heavy atom. The summed E-state index contributed by atoms with van der Waals surface area (Å²) in [6.45, 7) is 5.42. The number of hydrogen-bond donors (Lipinski definition) is 0. The summed E-state index contributed by atoms with van der Waals surface area (Å²) in [6, 6.07) is 4.50. The van der Waals surface area contributed by atoms with Crippen molar-refractivity contribution < 1.29 is 9.47 Å². The van der Waals surface area contributed by atoms with E-state index in [1.165, 1.54) is 6.42 Å². The molecule has 24 heavy (non-hydrogen) atoms. The Morgan fingerprint density at radius 3 is 2.88 bits per heavy atom. The highest BCUT2D eigenvalue weighted by atomic mass is 16.5. The van der Waals surface area contributed by atoms with Crippen LogP contribution in [-0.2, 0) is 16.5 Å². The minimum absolute atomic E-state index is 0.0648. The minimum Gasteiger partial charge on any atom is -0.377 e. The molecule has 7 heteroatoms. The summed E-state index contributed by atoms with van der Waals surface area (Å²) in [5, 5.41) is 9.36. The Bertz CT molecular complexity index is 689. The third-order valence-corrected chi connectivity index (χ3v) is 4.84. The van der Waals surface area contributed by atoms with Crippen molar-refractivity contribution in [2.75, 3.05) is 31.3 Å². The number of rotatable bonds is 3. The topological polar surface area (TPSA) is 57.3 Å². The van der Waals surface area contributed by atoms with Gasteiger partial charge in [0.2, 0.25) is 0 Å². The molecular weight excluding hydrogens is 306 g/mol. The molecule has 0 spiro atoms. The lowest BCUT2D eigenvalue weighted by Gasteiger charge is -2.34. The van der Waals surface area contributed by atoms with Crippen molar-refractivity contribution in [2.45, 2.75) is 38.5 Å². The largest absolute Gasteiger partial charge is 0.377 e. The molecule has 0 bridgehead atoms. The molecule has 0 radical (unpaired) electrons. The smallest absolute Gasteiger partial charge is 0.150 e. The van der Waals surface area contributed by atoms with Gasteiger partial charge in [0.15, 0.2) is 0 Å². The Hall–Kier alpha value is -1.86. The van der Waals surface area contributed by atoms with Crippen molar-refractivity contribution >= 4 is 5.82 Å². The maximum Gasteiger partial charge on any atom is 0.150 e. The lowest BCUT2D eigenvalue weighted by atomic mass is 10.2. The third kappa shape index (κ3) is 2.93. The van der Waals surface area contributed by atoms with E-state index in [0.29, 0.717) is 6.04 Å². The first kappa shape index (κ1) is 15.7. The fourth-order valence-corrected chi connectivity index (χ4v) is 3.49. The van der Waals surface area contributed by atoms with Crippen molar-refractivity contribution in [2.24, 2.45) is 7.05 Å². The molecule has 0 aromatic carbocycles. The SMILES string of the molecule is C[C@@H]1COCCN1c1cc(-c2ccn(C3CCCCO3)n2)nn1C. The van der Waals surface area contributed by atoms with Gasteiger partial charge in [-0.15, -0.1) is 0 Å². The predicted octanol–water partition coefficient (Wildman–Crippen LogP) is 2.21. The second-order valence-corrected chi connectivity index (χ2v) is 6.63. The highest BCUT2D eigenvalue weighted by molar-refractivity contribution is 5.60. The van der Waals surface area contributed by atoms with Gasteiger partial charge in [0.05, 0.1) is 19.3 Å². The summed E-state index contributed by atoms with van der Waals surface area (Å²) in [6.07, 6.45) is 5.43. The number of nitrogens with zero attached hydrogens (tertiary/aromatic N) is 5. The molecule has 7 nitrogen and oxygen atoms in total. The summed E-state index contributed by atoms with van der Waals surface area (Å²) in [7, 11) is 1.99. The summed E-state index contributed by atoms with van der Waals surface area (Å²) in [5.74, 6) is 1.12. The molecule has 2 aliphatic heterocycles. The number of aryl methyl sites for hydroxylation is 1. The Labute approximate surface area is 142 Å².